The Balaban J connectivity index is 1.28. The highest BCUT2D eigenvalue weighted by atomic mass is 32.1. The Bertz CT molecular complexity index is 1070. The molecule has 0 saturated heterocycles. The minimum Gasteiger partial charge on any atom is -0.494 e. The van der Waals surface area contributed by atoms with Crippen LogP contribution in [0.1, 0.15) is 70.1 Å². The van der Waals surface area contributed by atoms with Crippen molar-refractivity contribution in [3.8, 4) is 27.3 Å². The van der Waals surface area contributed by atoms with E-state index in [0.29, 0.717) is 0 Å². The standard InChI is InChI=1S/C30H36OS2/c1-3-5-6-7-8-9-10-20-31-26-18-16-24(17-19-26)23-12-14-25(15-13-23)28-22-30-29(33-28)21-27(32-30)11-4-2/h12-19,21-22H,3-11,20H2,1-2H3. The number of ether oxygens (including phenoxy) is 1. The summed E-state index contributed by atoms with van der Waals surface area (Å²) >= 11 is 3.86. The molecule has 2 heterocycles. The molecule has 3 heteroatoms. The number of rotatable bonds is 13. The van der Waals surface area contributed by atoms with E-state index in [1.54, 1.807) is 0 Å². The van der Waals surface area contributed by atoms with Crippen LogP contribution in [0.4, 0.5) is 0 Å². The number of thiophene rings is 2. The fourth-order valence-electron chi connectivity index (χ4n) is 4.22. The molecule has 0 radical (unpaired) electrons. The molecule has 0 aliphatic carbocycles. The molecule has 0 aliphatic rings. The minimum absolute atomic E-state index is 0.819. The largest absolute Gasteiger partial charge is 0.494 e. The van der Waals surface area contributed by atoms with Gasteiger partial charge < -0.3 is 4.74 Å². The van der Waals surface area contributed by atoms with Gasteiger partial charge in [0.2, 0.25) is 0 Å². The Morgan fingerprint density at radius 2 is 1.21 bits per heavy atom. The molecular weight excluding hydrogens is 440 g/mol. The van der Waals surface area contributed by atoms with Gasteiger partial charge >= 0.3 is 0 Å². The van der Waals surface area contributed by atoms with Crippen LogP contribution in [0.25, 0.3) is 31.0 Å². The van der Waals surface area contributed by atoms with Gasteiger partial charge in [0.1, 0.15) is 5.75 Å². The first-order valence-electron chi connectivity index (χ1n) is 12.6. The highest BCUT2D eigenvalue weighted by Gasteiger charge is 2.09. The summed E-state index contributed by atoms with van der Waals surface area (Å²) in [7, 11) is 0. The van der Waals surface area contributed by atoms with Crippen molar-refractivity contribution in [3.05, 3.63) is 65.5 Å². The molecule has 0 fully saturated rings. The molecule has 0 unspecified atom stereocenters. The predicted molar refractivity (Wildman–Crippen MR) is 148 cm³/mol. The molecule has 0 bridgehead atoms. The first kappa shape index (κ1) is 24.0. The van der Waals surface area contributed by atoms with E-state index in [4.69, 9.17) is 4.74 Å². The van der Waals surface area contributed by atoms with Crippen LogP contribution in [-0.4, -0.2) is 6.61 Å². The highest BCUT2D eigenvalue weighted by Crippen LogP contribution is 2.39. The number of hydrogen-bond donors (Lipinski definition) is 0. The second kappa shape index (κ2) is 12.4. The van der Waals surface area contributed by atoms with E-state index in [1.807, 2.05) is 22.7 Å². The van der Waals surface area contributed by atoms with Crippen LogP contribution in [0.2, 0.25) is 0 Å². The predicted octanol–water partition coefficient (Wildman–Crippen LogP) is 10.4. The summed E-state index contributed by atoms with van der Waals surface area (Å²) in [5.41, 5.74) is 3.79. The molecular formula is C30H36OS2. The third kappa shape index (κ3) is 6.71. The molecule has 174 valence electrons. The fourth-order valence-corrected chi connectivity index (χ4v) is 6.75. The molecule has 2 aromatic heterocycles. The summed E-state index contributed by atoms with van der Waals surface area (Å²) in [6.45, 7) is 5.34. The maximum Gasteiger partial charge on any atom is 0.119 e. The van der Waals surface area contributed by atoms with Crippen molar-refractivity contribution in [3.63, 3.8) is 0 Å². The molecule has 0 saturated carbocycles. The molecule has 0 aliphatic heterocycles. The number of hydrogen-bond acceptors (Lipinski definition) is 3. The van der Waals surface area contributed by atoms with E-state index in [-0.39, 0.29) is 0 Å². The third-order valence-corrected chi connectivity index (χ3v) is 8.53. The van der Waals surface area contributed by atoms with Crippen molar-refractivity contribution in [1.82, 2.24) is 0 Å². The van der Waals surface area contributed by atoms with Gasteiger partial charge in [-0.1, -0.05) is 95.2 Å². The van der Waals surface area contributed by atoms with Crippen LogP contribution >= 0.6 is 22.7 Å². The maximum atomic E-state index is 5.95. The van der Waals surface area contributed by atoms with Gasteiger partial charge in [0.15, 0.2) is 0 Å². The number of aryl methyl sites for hydroxylation is 1. The van der Waals surface area contributed by atoms with Crippen LogP contribution in [0.5, 0.6) is 5.75 Å². The second-order valence-corrected chi connectivity index (χ2v) is 11.1. The number of benzene rings is 2. The Kier molecular flexibility index (Phi) is 9.02. The number of fused-ring (bicyclic) bond motifs is 1. The van der Waals surface area contributed by atoms with Gasteiger partial charge in [0.05, 0.1) is 6.61 Å². The van der Waals surface area contributed by atoms with Gasteiger partial charge in [-0.3, -0.25) is 0 Å². The summed E-state index contributed by atoms with van der Waals surface area (Å²) < 4.78 is 8.80. The number of unbranched alkanes of at least 4 members (excludes halogenated alkanes) is 6. The average Bonchev–Trinajstić information content (AvgIpc) is 3.41. The molecule has 0 spiro atoms. The first-order valence-corrected chi connectivity index (χ1v) is 14.3. The van der Waals surface area contributed by atoms with Crippen molar-refractivity contribution in [2.75, 3.05) is 6.61 Å². The lowest BCUT2D eigenvalue weighted by Gasteiger charge is -2.08. The monoisotopic (exact) mass is 476 g/mol. The molecule has 0 amide bonds. The molecule has 0 atom stereocenters. The normalized spacial score (nSPS) is 11.3. The summed E-state index contributed by atoms with van der Waals surface area (Å²) in [4.78, 5) is 2.87. The van der Waals surface area contributed by atoms with Crippen LogP contribution in [0.3, 0.4) is 0 Å². The van der Waals surface area contributed by atoms with Crippen LogP contribution in [-0.2, 0) is 6.42 Å². The topological polar surface area (TPSA) is 9.23 Å². The molecule has 2 aromatic carbocycles. The minimum atomic E-state index is 0.819. The van der Waals surface area contributed by atoms with Gasteiger partial charge in [0.25, 0.3) is 0 Å². The smallest absolute Gasteiger partial charge is 0.119 e. The van der Waals surface area contributed by atoms with Crippen molar-refractivity contribution in [1.29, 1.82) is 0 Å². The quantitative estimate of drug-likeness (QED) is 0.174. The first-order chi connectivity index (χ1) is 16.3. The van der Waals surface area contributed by atoms with Gasteiger partial charge in [-0.2, -0.15) is 0 Å². The highest BCUT2D eigenvalue weighted by molar-refractivity contribution is 7.29. The van der Waals surface area contributed by atoms with Crippen LogP contribution in [0.15, 0.2) is 60.7 Å². The molecule has 1 nitrogen and oxygen atoms in total. The Labute approximate surface area is 207 Å². The second-order valence-electron chi connectivity index (χ2n) is 8.87. The average molecular weight is 477 g/mol. The molecule has 33 heavy (non-hydrogen) atoms. The SMILES string of the molecule is CCCCCCCCCOc1ccc(-c2ccc(-c3cc4sc(CCC)cc4s3)cc2)cc1. The van der Waals surface area contributed by atoms with E-state index in [0.717, 1.165) is 18.8 Å². The van der Waals surface area contributed by atoms with Crippen molar-refractivity contribution in [2.45, 2.75) is 71.6 Å². The zero-order valence-electron chi connectivity index (χ0n) is 20.1. The maximum absolute atomic E-state index is 5.95. The lowest BCUT2D eigenvalue weighted by Crippen LogP contribution is -1.97. The van der Waals surface area contributed by atoms with E-state index >= 15 is 0 Å². The lowest BCUT2D eigenvalue weighted by molar-refractivity contribution is 0.304. The van der Waals surface area contributed by atoms with E-state index < -0.39 is 0 Å². The Hall–Kier alpha value is -2.10. The van der Waals surface area contributed by atoms with E-state index in [1.165, 1.54) is 87.2 Å². The molecule has 4 aromatic rings. The summed E-state index contributed by atoms with van der Waals surface area (Å²) in [5.74, 6) is 0.974. The van der Waals surface area contributed by atoms with Gasteiger partial charge in [-0.15, -0.1) is 22.7 Å². The lowest BCUT2D eigenvalue weighted by atomic mass is 10.0. The van der Waals surface area contributed by atoms with E-state index in [9.17, 15) is 0 Å². The zero-order valence-corrected chi connectivity index (χ0v) is 21.7. The van der Waals surface area contributed by atoms with Crippen molar-refractivity contribution < 1.29 is 4.74 Å². The summed E-state index contributed by atoms with van der Waals surface area (Å²) in [5, 5.41) is 0. The Morgan fingerprint density at radius 3 is 1.88 bits per heavy atom. The van der Waals surface area contributed by atoms with Crippen molar-refractivity contribution in [2.24, 2.45) is 0 Å². The molecule has 0 N–H and O–H groups in total. The third-order valence-electron chi connectivity index (χ3n) is 6.13. The van der Waals surface area contributed by atoms with E-state index in [2.05, 4.69) is 74.5 Å². The fraction of sp³-hybridized carbons (Fsp3) is 0.400. The molecule has 4 rings (SSSR count). The van der Waals surface area contributed by atoms with Gasteiger partial charge in [0, 0.05) is 19.2 Å². The van der Waals surface area contributed by atoms with Gasteiger partial charge in [-0.25, -0.2) is 0 Å². The van der Waals surface area contributed by atoms with Crippen molar-refractivity contribution >= 4 is 32.1 Å². The summed E-state index contributed by atoms with van der Waals surface area (Å²) in [6, 6.07) is 22.3. The summed E-state index contributed by atoms with van der Waals surface area (Å²) in [6.07, 6.45) is 11.6. The van der Waals surface area contributed by atoms with Crippen LogP contribution in [0, 0.1) is 0 Å². The van der Waals surface area contributed by atoms with Crippen LogP contribution < -0.4 is 4.74 Å². The van der Waals surface area contributed by atoms with Gasteiger partial charge in [-0.05, 0) is 53.8 Å². The zero-order chi connectivity index (χ0) is 22.9. The Morgan fingerprint density at radius 1 is 0.606 bits per heavy atom.